The third-order valence-corrected chi connectivity index (χ3v) is 5.24. The average Bonchev–Trinajstić information content (AvgIpc) is 2.90. The van der Waals surface area contributed by atoms with Crippen LogP contribution < -0.4 is 5.32 Å². The fourth-order valence-corrected chi connectivity index (χ4v) is 4.41. The molecule has 4 atom stereocenters. The molecular formula is C13H20N2O. The molecule has 16 heavy (non-hydrogen) atoms. The van der Waals surface area contributed by atoms with Gasteiger partial charge in [0.1, 0.15) is 0 Å². The Morgan fingerprint density at radius 3 is 2.75 bits per heavy atom. The van der Waals surface area contributed by atoms with Crippen molar-refractivity contribution < 1.29 is 5.11 Å². The summed E-state index contributed by atoms with van der Waals surface area (Å²) in [6.45, 7) is 1.60. The summed E-state index contributed by atoms with van der Waals surface area (Å²) in [5.74, 6) is 1.16. The van der Waals surface area contributed by atoms with Gasteiger partial charge in [0.15, 0.2) is 0 Å². The fourth-order valence-electron chi connectivity index (χ4n) is 4.41. The van der Waals surface area contributed by atoms with Crippen LogP contribution in [0.2, 0.25) is 0 Å². The van der Waals surface area contributed by atoms with E-state index < -0.39 is 11.0 Å². The van der Waals surface area contributed by atoms with E-state index in [2.05, 4.69) is 11.4 Å². The van der Waals surface area contributed by atoms with Crippen LogP contribution >= 0.6 is 0 Å². The molecule has 3 heteroatoms. The molecule has 3 aliphatic rings. The topological polar surface area (TPSA) is 56.0 Å². The summed E-state index contributed by atoms with van der Waals surface area (Å²) in [6.07, 6.45) is 6.34. The van der Waals surface area contributed by atoms with E-state index in [1.54, 1.807) is 0 Å². The van der Waals surface area contributed by atoms with Crippen LogP contribution in [0, 0.1) is 28.6 Å². The highest BCUT2D eigenvalue weighted by Crippen LogP contribution is 2.61. The Hall–Kier alpha value is -0.590. The van der Waals surface area contributed by atoms with Crippen LogP contribution in [-0.2, 0) is 0 Å². The first-order valence-electron chi connectivity index (χ1n) is 6.54. The van der Waals surface area contributed by atoms with Gasteiger partial charge in [0, 0.05) is 6.54 Å². The molecule has 0 aromatic heterocycles. The highest BCUT2D eigenvalue weighted by molar-refractivity contribution is 5.21. The van der Waals surface area contributed by atoms with E-state index in [4.69, 9.17) is 0 Å². The molecule has 0 aromatic rings. The summed E-state index contributed by atoms with van der Waals surface area (Å²) in [5, 5.41) is 23.7. The van der Waals surface area contributed by atoms with E-state index in [-0.39, 0.29) is 0 Å². The van der Waals surface area contributed by atoms with Crippen molar-refractivity contribution in [1.82, 2.24) is 5.32 Å². The number of aliphatic hydroxyl groups is 1. The van der Waals surface area contributed by atoms with Crippen LogP contribution in [0.3, 0.4) is 0 Å². The van der Waals surface area contributed by atoms with Crippen molar-refractivity contribution >= 4 is 0 Å². The Kier molecular flexibility index (Phi) is 2.28. The molecular weight excluding hydrogens is 200 g/mol. The number of β-amino-alcohol motifs (C(OH)–C–C–N with tert-alkyl or cyclic N) is 1. The lowest BCUT2D eigenvalue weighted by Crippen LogP contribution is -2.58. The molecule has 2 saturated carbocycles. The van der Waals surface area contributed by atoms with Gasteiger partial charge in [0.05, 0.1) is 17.1 Å². The Labute approximate surface area is 96.8 Å². The minimum Gasteiger partial charge on any atom is -0.387 e. The standard InChI is InChI=1S/C13H20N2O/c14-8-12(7-10-2-3-11(12)6-10)13(16)4-1-5-15-9-13/h10-11,15-16H,1-7,9H2. The van der Waals surface area contributed by atoms with E-state index in [9.17, 15) is 10.4 Å². The number of hydrogen-bond acceptors (Lipinski definition) is 3. The maximum atomic E-state index is 10.9. The lowest BCUT2D eigenvalue weighted by molar-refractivity contribution is -0.0954. The van der Waals surface area contributed by atoms with Crippen molar-refractivity contribution in [3.63, 3.8) is 0 Å². The molecule has 1 saturated heterocycles. The van der Waals surface area contributed by atoms with E-state index in [1.165, 1.54) is 12.8 Å². The normalized spacial score (nSPS) is 51.5. The maximum absolute atomic E-state index is 10.9. The van der Waals surface area contributed by atoms with Crippen molar-refractivity contribution in [2.75, 3.05) is 13.1 Å². The Balaban J connectivity index is 1.93. The predicted molar refractivity (Wildman–Crippen MR) is 60.5 cm³/mol. The smallest absolute Gasteiger partial charge is 0.0960 e. The highest BCUT2D eigenvalue weighted by Gasteiger charge is 2.62. The minimum absolute atomic E-state index is 0.441. The van der Waals surface area contributed by atoms with Crippen molar-refractivity contribution in [3.05, 3.63) is 0 Å². The van der Waals surface area contributed by atoms with Gasteiger partial charge in [-0.3, -0.25) is 0 Å². The number of nitrogens with one attached hydrogen (secondary N) is 1. The first kappa shape index (κ1) is 10.6. The largest absolute Gasteiger partial charge is 0.387 e. The van der Waals surface area contributed by atoms with Crippen molar-refractivity contribution in [2.24, 2.45) is 17.3 Å². The molecule has 0 amide bonds. The van der Waals surface area contributed by atoms with Crippen LogP contribution in [0.25, 0.3) is 0 Å². The van der Waals surface area contributed by atoms with Gasteiger partial charge >= 0.3 is 0 Å². The van der Waals surface area contributed by atoms with Gasteiger partial charge in [-0.2, -0.15) is 5.26 Å². The molecule has 0 spiro atoms. The molecule has 2 N–H and O–H groups in total. The molecule has 3 rings (SSSR count). The average molecular weight is 220 g/mol. The number of hydrogen-bond donors (Lipinski definition) is 2. The molecule has 0 radical (unpaired) electrons. The Morgan fingerprint density at radius 1 is 1.38 bits per heavy atom. The maximum Gasteiger partial charge on any atom is 0.0960 e. The third-order valence-electron chi connectivity index (χ3n) is 5.24. The van der Waals surface area contributed by atoms with Gasteiger partial charge in [-0.1, -0.05) is 6.42 Å². The van der Waals surface area contributed by atoms with Crippen molar-refractivity contribution in [1.29, 1.82) is 5.26 Å². The second kappa shape index (κ2) is 3.45. The van der Waals surface area contributed by atoms with Gasteiger partial charge in [-0.15, -0.1) is 0 Å². The van der Waals surface area contributed by atoms with Gasteiger partial charge in [-0.25, -0.2) is 0 Å². The first-order valence-corrected chi connectivity index (χ1v) is 6.54. The SMILES string of the molecule is N#CC1(C2(O)CCCNC2)CC2CCC1C2. The third kappa shape index (κ3) is 1.20. The first-order chi connectivity index (χ1) is 7.70. The lowest BCUT2D eigenvalue weighted by atomic mass is 9.61. The van der Waals surface area contributed by atoms with Gasteiger partial charge in [-0.05, 0) is 50.5 Å². The minimum atomic E-state index is -0.764. The van der Waals surface area contributed by atoms with Crippen molar-refractivity contribution in [3.8, 4) is 6.07 Å². The molecule has 2 aliphatic carbocycles. The number of nitrogens with zero attached hydrogens (tertiary/aromatic N) is 1. The zero-order valence-electron chi connectivity index (χ0n) is 9.71. The summed E-state index contributed by atoms with van der Waals surface area (Å²) in [7, 11) is 0. The zero-order valence-corrected chi connectivity index (χ0v) is 9.71. The molecule has 1 heterocycles. The van der Waals surface area contributed by atoms with Gasteiger partial charge < -0.3 is 10.4 Å². The summed E-state index contributed by atoms with van der Waals surface area (Å²) < 4.78 is 0. The number of rotatable bonds is 1. The number of nitriles is 1. The predicted octanol–water partition coefficient (Wildman–Crippen LogP) is 1.43. The molecule has 3 fully saturated rings. The van der Waals surface area contributed by atoms with Gasteiger partial charge in [0.2, 0.25) is 0 Å². The number of fused-ring (bicyclic) bond motifs is 2. The van der Waals surface area contributed by atoms with Crippen molar-refractivity contribution in [2.45, 2.75) is 44.1 Å². The summed E-state index contributed by atoms with van der Waals surface area (Å²) in [4.78, 5) is 0. The van der Waals surface area contributed by atoms with Crippen LogP contribution in [-0.4, -0.2) is 23.8 Å². The quantitative estimate of drug-likeness (QED) is 0.703. The monoisotopic (exact) mass is 220 g/mol. The van der Waals surface area contributed by atoms with E-state index in [0.717, 1.165) is 32.2 Å². The van der Waals surface area contributed by atoms with E-state index in [1.807, 2.05) is 0 Å². The Bertz CT molecular complexity index is 329. The van der Waals surface area contributed by atoms with Crippen LogP contribution in [0.15, 0.2) is 0 Å². The number of piperidine rings is 1. The van der Waals surface area contributed by atoms with E-state index in [0.29, 0.717) is 18.4 Å². The summed E-state index contributed by atoms with van der Waals surface area (Å²) >= 11 is 0. The molecule has 1 aliphatic heterocycles. The van der Waals surface area contributed by atoms with Crippen LogP contribution in [0.5, 0.6) is 0 Å². The second-order valence-electron chi connectivity index (χ2n) is 5.98. The molecule has 88 valence electrons. The molecule has 3 nitrogen and oxygen atoms in total. The molecule has 4 unspecified atom stereocenters. The second-order valence-corrected chi connectivity index (χ2v) is 5.98. The lowest BCUT2D eigenvalue weighted by Gasteiger charge is -2.47. The summed E-state index contributed by atoms with van der Waals surface area (Å²) in [6, 6.07) is 2.53. The highest BCUT2D eigenvalue weighted by atomic mass is 16.3. The van der Waals surface area contributed by atoms with Crippen LogP contribution in [0.4, 0.5) is 0 Å². The molecule has 0 aromatic carbocycles. The zero-order chi connectivity index (χ0) is 11.2. The van der Waals surface area contributed by atoms with Crippen LogP contribution in [0.1, 0.15) is 38.5 Å². The van der Waals surface area contributed by atoms with E-state index >= 15 is 0 Å². The van der Waals surface area contributed by atoms with Gasteiger partial charge in [0.25, 0.3) is 0 Å². The fraction of sp³-hybridized carbons (Fsp3) is 0.923. The molecule has 2 bridgehead atoms. The Morgan fingerprint density at radius 2 is 2.25 bits per heavy atom. The summed E-state index contributed by atoms with van der Waals surface area (Å²) in [5.41, 5.74) is -1.21.